The van der Waals surface area contributed by atoms with Crippen LogP contribution >= 0.6 is 23.1 Å². The van der Waals surface area contributed by atoms with Gasteiger partial charge in [0.15, 0.2) is 16.1 Å². The molecule has 0 saturated heterocycles. The zero-order valence-electron chi connectivity index (χ0n) is 17.5. The fourth-order valence-electron chi connectivity index (χ4n) is 2.82. The second-order valence-corrected chi connectivity index (χ2v) is 8.97. The summed E-state index contributed by atoms with van der Waals surface area (Å²) in [4.78, 5) is 29.1. The fourth-order valence-corrected chi connectivity index (χ4v) is 4.43. The van der Waals surface area contributed by atoms with Gasteiger partial charge in [-0.1, -0.05) is 23.9 Å². The summed E-state index contributed by atoms with van der Waals surface area (Å²) in [5, 5.41) is 16.5. The molecule has 3 aromatic rings. The van der Waals surface area contributed by atoms with E-state index in [1.54, 1.807) is 19.9 Å². The molecule has 0 aliphatic carbocycles. The number of nitrogens with zero attached hydrogens (tertiary/aromatic N) is 4. The molecule has 0 radical (unpaired) electrons. The van der Waals surface area contributed by atoms with Crippen LogP contribution in [0.3, 0.4) is 0 Å². The lowest BCUT2D eigenvalue weighted by molar-refractivity contribution is -0.115. The monoisotopic (exact) mass is 462 g/mol. The van der Waals surface area contributed by atoms with E-state index in [0.29, 0.717) is 22.7 Å². The van der Waals surface area contributed by atoms with E-state index in [-0.39, 0.29) is 11.5 Å². The smallest absolute Gasteiger partial charge is 0.254 e. The molecule has 0 unspecified atom stereocenters. The third kappa shape index (κ3) is 5.47. The first kappa shape index (κ1) is 22.9. The minimum atomic E-state index is -0.587. The Hall–Kier alpha value is -2.79. The molecule has 31 heavy (non-hydrogen) atoms. The van der Waals surface area contributed by atoms with Crippen LogP contribution in [0.25, 0.3) is 0 Å². The molecule has 3 rings (SSSR count). The fraction of sp³-hybridized carbons (Fsp3) is 0.350. The Kier molecular flexibility index (Phi) is 7.39. The van der Waals surface area contributed by atoms with Gasteiger partial charge in [0.05, 0.1) is 22.5 Å². The third-order valence-corrected chi connectivity index (χ3v) is 6.37. The molecule has 0 aliphatic heterocycles. The Labute approximate surface area is 187 Å². The number of hydrogen-bond donors (Lipinski definition) is 2. The predicted molar refractivity (Wildman–Crippen MR) is 119 cm³/mol. The molecular formula is C20H23FN6O2S2. The third-order valence-electron chi connectivity index (χ3n) is 4.42. The van der Waals surface area contributed by atoms with Crippen LogP contribution in [0, 0.1) is 12.7 Å². The molecule has 0 spiro atoms. The number of halogens is 1. The maximum absolute atomic E-state index is 13.9. The highest BCUT2D eigenvalue weighted by molar-refractivity contribution is 8.00. The second-order valence-electron chi connectivity index (χ2n) is 6.80. The van der Waals surface area contributed by atoms with Gasteiger partial charge in [-0.25, -0.2) is 9.37 Å². The van der Waals surface area contributed by atoms with Crippen molar-refractivity contribution < 1.29 is 14.0 Å². The van der Waals surface area contributed by atoms with E-state index < -0.39 is 23.0 Å². The van der Waals surface area contributed by atoms with E-state index in [0.717, 1.165) is 5.69 Å². The molecule has 2 N–H and O–H groups in total. The first-order chi connectivity index (χ1) is 14.8. The average Bonchev–Trinajstić information content (AvgIpc) is 3.33. The van der Waals surface area contributed by atoms with Crippen LogP contribution in [0.1, 0.15) is 48.7 Å². The number of aryl methyl sites for hydroxylation is 1. The van der Waals surface area contributed by atoms with Gasteiger partial charge in [0.2, 0.25) is 5.91 Å². The number of carbonyl (C=O) groups excluding carboxylic acids is 2. The van der Waals surface area contributed by atoms with Crippen LogP contribution in [0.5, 0.6) is 0 Å². The molecule has 0 fully saturated rings. The maximum atomic E-state index is 13.9. The normalized spacial score (nSPS) is 12.9. The molecule has 2 heterocycles. The number of thiazole rings is 1. The molecule has 1 aromatic carbocycles. The predicted octanol–water partition coefficient (Wildman–Crippen LogP) is 3.81. The van der Waals surface area contributed by atoms with Crippen molar-refractivity contribution in [3.63, 3.8) is 0 Å². The van der Waals surface area contributed by atoms with Crippen molar-refractivity contribution in [1.82, 2.24) is 25.1 Å². The lowest BCUT2D eigenvalue weighted by Gasteiger charge is -2.16. The lowest BCUT2D eigenvalue weighted by Crippen LogP contribution is -2.29. The second kappa shape index (κ2) is 10.0. The van der Waals surface area contributed by atoms with E-state index in [1.807, 2.05) is 23.8 Å². The zero-order chi connectivity index (χ0) is 22.5. The largest absolute Gasteiger partial charge is 0.342 e. The summed E-state index contributed by atoms with van der Waals surface area (Å²) in [6.07, 6.45) is 0. The summed E-state index contributed by atoms with van der Waals surface area (Å²) in [6, 6.07) is 5.29. The van der Waals surface area contributed by atoms with E-state index >= 15 is 0 Å². The number of amides is 2. The highest BCUT2D eigenvalue weighted by Crippen LogP contribution is 2.26. The van der Waals surface area contributed by atoms with Gasteiger partial charge in [-0.3, -0.25) is 9.59 Å². The molecule has 8 nitrogen and oxygen atoms in total. The van der Waals surface area contributed by atoms with Crippen LogP contribution < -0.4 is 10.6 Å². The van der Waals surface area contributed by atoms with E-state index in [4.69, 9.17) is 0 Å². The van der Waals surface area contributed by atoms with Crippen LogP contribution in [0.2, 0.25) is 0 Å². The molecular weight excluding hydrogens is 439 g/mol. The maximum Gasteiger partial charge on any atom is 0.254 e. The van der Waals surface area contributed by atoms with Gasteiger partial charge < -0.3 is 15.2 Å². The van der Waals surface area contributed by atoms with Gasteiger partial charge >= 0.3 is 0 Å². The standard InChI is InChI=1S/C20H23FN6O2S2/c1-5-27-16(12(3)23-18(29)14-8-6-7-9-15(14)21)25-26-20(27)31-13(4)17(28)24-19-22-11(2)10-30-19/h6-10,12-13H,5H2,1-4H3,(H,23,29)(H,22,24,28)/t12-,13-/m1/s1. The molecule has 11 heteroatoms. The molecule has 164 valence electrons. The number of aromatic nitrogens is 4. The summed E-state index contributed by atoms with van der Waals surface area (Å²) >= 11 is 2.64. The van der Waals surface area contributed by atoms with Crippen molar-refractivity contribution in [2.24, 2.45) is 0 Å². The lowest BCUT2D eigenvalue weighted by atomic mass is 10.2. The Morgan fingerprint density at radius 1 is 1.26 bits per heavy atom. The van der Waals surface area contributed by atoms with Crippen molar-refractivity contribution in [2.75, 3.05) is 5.32 Å². The van der Waals surface area contributed by atoms with Crippen molar-refractivity contribution in [2.45, 2.75) is 50.7 Å². The summed E-state index contributed by atoms with van der Waals surface area (Å²) < 4.78 is 15.7. The van der Waals surface area contributed by atoms with Crippen LogP contribution in [-0.4, -0.2) is 36.8 Å². The van der Waals surface area contributed by atoms with Crippen LogP contribution in [0.15, 0.2) is 34.8 Å². The number of hydrogen-bond acceptors (Lipinski definition) is 7. The summed E-state index contributed by atoms with van der Waals surface area (Å²) in [7, 11) is 0. The Morgan fingerprint density at radius 2 is 2.00 bits per heavy atom. The van der Waals surface area contributed by atoms with E-state index in [9.17, 15) is 14.0 Å². The van der Waals surface area contributed by atoms with Gasteiger partial charge in [0, 0.05) is 11.9 Å². The number of carbonyl (C=O) groups is 2. The van der Waals surface area contributed by atoms with Crippen molar-refractivity contribution in [3.05, 3.63) is 52.5 Å². The molecule has 0 aliphatic rings. The molecule has 0 bridgehead atoms. The first-order valence-corrected chi connectivity index (χ1v) is 11.4. The van der Waals surface area contributed by atoms with E-state index in [1.165, 1.54) is 41.3 Å². The zero-order valence-corrected chi connectivity index (χ0v) is 19.2. The number of benzene rings is 1. The van der Waals surface area contributed by atoms with Crippen molar-refractivity contribution in [1.29, 1.82) is 0 Å². The summed E-state index contributed by atoms with van der Waals surface area (Å²) in [5.74, 6) is -0.780. The number of rotatable bonds is 8. The van der Waals surface area contributed by atoms with E-state index in [2.05, 4.69) is 25.8 Å². The number of anilines is 1. The Bertz CT molecular complexity index is 1080. The van der Waals surface area contributed by atoms with Crippen molar-refractivity contribution in [3.8, 4) is 0 Å². The number of thioether (sulfide) groups is 1. The molecule has 2 amide bonds. The van der Waals surface area contributed by atoms with Crippen molar-refractivity contribution >= 4 is 40.0 Å². The van der Waals surface area contributed by atoms with Gasteiger partial charge in [-0.05, 0) is 39.8 Å². The SMILES string of the molecule is CCn1c(S[C@H](C)C(=O)Nc2nc(C)cs2)nnc1[C@@H](C)NC(=O)c1ccccc1F. The highest BCUT2D eigenvalue weighted by Gasteiger charge is 2.24. The summed E-state index contributed by atoms with van der Waals surface area (Å²) in [5.41, 5.74) is 0.816. The quantitative estimate of drug-likeness (QED) is 0.494. The van der Waals surface area contributed by atoms with Gasteiger partial charge in [-0.15, -0.1) is 21.5 Å². The molecule has 2 aromatic heterocycles. The molecule has 2 atom stereocenters. The minimum Gasteiger partial charge on any atom is -0.342 e. The minimum absolute atomic E-state index is 0.0331. The first-order valence-electron chi connectivity index (χ1n) is 9.68. The van der Waals surface area contributed by atoms with Gasteiger partial charge in [0.1, 0.15) is 5.82 Å². The topological polar surface area (TPSA) is 102 Å². The molecule has 0 saturated carbocycles. The van der Waals surface area contributed by atoms with Crippen LogP contribution in [-0.2, 0) is 11.3 Å². The summed E-state index contributed by atoms with van der Waals surface area (Å²) in [6.45, 7) is 7.86. The van der Waals surface area contributed by atoms with Crippen LogP contribution in [0.4, 0.5) is 9.52 Å². The van der Waals surface area contributed by atoms with Gasteiger partial charge in [0.25, 0.3) is 5.91 Å². The number of nitrogens with one attached hydrogen (secondary N) is 2. The average molecular weight is 463 g/mol. The van der Waals surface area contributed by atoms with Gasteiger partial charge in [-0.2, -0.15) is 0 Å². The Balaban J connectivity index is 1.68. The Morgan fingerprint density at radius 3 is 2.65 bits per heavy atom. The highest BCUT2D eigenvalue weighted by atomic mass is 32.2.